The molecule has 59 heavy (non-hydrogen) atoms. The monoisotopic (exact) mass is 802 g/mol. The van der Waals surface area contributed by atoms with E-state index in [1.54, 1.807) is 6.20 Å². The molecule has 2 aromatic carbocycles. The molecule has 8 rings (SSSR count). The van der Waals surface area contributed by atoms with Gasteiger partial charge in [-0.05, 0) is 106 Å². The molecular weight excluding hydrogens is 748 g/mol. The minimum atomic E-state index is -0.628. The normalized spacial score (nSPS) is 22.9. The number of halogens is 1. The quantitative estimate of drug-likeness (QED) is 0.137. The van der Waals surface area contributed by atoms with Gasteiger partial charge in [-0.3, -0.25) is 19.4 Å². The molecule has 0 unspecified atom stereocenters. The number of imidazole rings is 1. The smallest absolute Gasteiger partial charge is 0.271 e. The summed E-state index contributed by atoms with van der Waals surface area (Å²) in [6, 6.07) is 22.5. The number of carbonyl (C=O) groups excluding carboxylic acids is 2. The van der Waals surface area contributed by atoms with Crippen LogP contribution < -0.4 is 20.7 Å². The number of rotatable bonds is 11. The molecule has 2 aliphatic heterocycles. The van der Waals surface area contributed by atoms with Crippen LogP contribution in [0.25, 0.3) is 16.8 Å². The van der Waals surface area contributed by atoms with Gasteiger partial charge in [0, 0.05) is 74.8 Å². The Labute approximate surface area is 345 Å². The van der Waals surface area contributed by atoms with E-state index in [1.165, 1.54) is 17.2 Å². The van der Waals surface area contributed by atoms with E-state index < -0.39 is 11.7 Å². The minimum Gasteiger partial charge on any atom is -0.438 e. The highest BCUT2D eigenvalue weighted by Gasteiger charge is 2.28. The first-order chi connectivity index (χ1) is 28.5. The van der Waals surface area contributed by atoms with Gasteiger partial charge in [0.05, 0.1) is 19.4 Å². The maximum atomic E-state index is 14.6. The third kappa shape index (κ3) is 9.82. The Bertz CT molecular complexity index is 2280. The van der Waals surface area contributed by atoms with Gasteiger partial charge in [0.15, 0.2) is 0 Å². The van der Waals surface area contributed by atoms with Gasteiger partial charge in [-0.15, -0.1) is 0 Å². The lowest BCUT2D eigenvalue weighted by Crippen LogP contribution is -2.53. The number of fused-ring (bicyclic) bond motifs is 1. The van der Waals surface area contributed by atoms with Crippen LogP contribution in [0, 0.1) is 12.7 Å². The summed E-state index contributed by atoms with van der Waals surface area (Å²) >= 11 is 0. The Hall–Kier alpha value is -5.21. The molecule has 13 heteroatoms. The van der Waals surface area contributed by atoms with Gasteiger partial charge >= 0.3 is 0 Å². The van der Waals surface area contributed by atoms with Gasteiger partial charge in [0.2, 0.25) is 5.88 Å². The lowest BCUT2D eigenvalue weighted by Gasteiger charge is -2.36. The van der Waals surface area contributed by atoms with Gasteiger partial charge in [-0.1, -0.05) is 36.4 Å². The first kappa shape index (κ1) is 40.6. The van der Waals surface area contributed by atoms with Gasteiger partial charge in [0.25, 0.3) is 11.8 Å². The third-order valence-corrected chi connectivity index (χ3v) is 11.8. The van der Waals surface area contributed by atoms with Gasteiger partial charge in [-0.25, -0.2) is 14.4 Å². The van der Waals surface area contributed by atoms with Crippen molar-refractivity contribution in [3.63, 3.8) is 0 Å². The minimum absolute atomic E-state index is 0.0240. The number of nitrogens with zero attached hydrogens (tertiary/aromatic N) is 5. The first-order valence-electron chi connectivity index (χ1n) is 21.0. The highest BCUT2D eigenvalue weighted by Crippen LogP contribution is 2.33. The molecule has 0 spiro atoms. The molecule has 3 aliphatic rings. The van der Waals surface area contributed by atoms with E-state index >= 15 is 0 Å². The second-order valence-corrected chi connectivity index (χ2v) is 16.7. The summed E-state index contributed by atoms with van der Waals surface area (Å²) in [4.78, 5) is 40.4. The highest BCUT2D eigenvalue weighted by atomic mass is 19.1. The number of pyridine rings is 2. The summed E-state index contributed by atoms with van der Waals surface area (Å²) in [5.41, 5.74) is 6.70. The fourth-order valence-electron chi connectivity index (χ4n) is 8.87. The molecule has 3 fully saturated rings. The van der Waals surface area contributed by atoms with Gasteiger partial charge in [-0.2, -0.15) is 0 Å². The molecule has 3 aromatic heterocycles. The molecule has 3 N–H and O–H groups in total. The fourth-order valence-corrected chi connectivity index (χ4v) is 8.87. The maximum absolute atomic E-state index is 14.6. The number of piperazine rings is 1. The Morgan fingerprint density at radius 3 is 2.41 bits per heavy atom. The largest absolute Gasteiger partial charge is 0.438 e. The molecule has 2 saturated heterocycles. The van der Waals surface area contributed by atoms with E-state index in [1.807, 2.05) is 47.7 Å². The lowest BCUT2D eigenvalue weighted by molar-refractivity contribution is -0.00431. The van der Waals surface area contributed by atoms with Crippen molar-refractivity contribution in [2.24, 2.45) is 0 Å². The molecule has 0 bridgehead atoms. The van der Waals surface area contributed by atoms with Crippen molar-refractivity contribution in [1.29, 1.82) is 0 Å². The van der Waals surface area contributed by atoms with Crippen LogP contribution >= 0.6 is 0 Å². The number of nitrogens with one attached hydrogen (secondary N) is 3. The molecule has 2 amide bonds. The van der Waals surface area contributed by atoms with E-state index in [0.717, 1.165) is 61.4 Å². The number of ether oxygens (including phenoxy) is 2. The number of hydrogen-bond acceptors (Lipinski definition) is 9. The Balaban J connectivity index is 0.941. The summed E-state index contributed by atoms with van der Waals surface area (Å²) in [5.74, 6) is -0.779. The summed E-state index contributed by atoms with van der Waals surface area (Å²) in [6.45, 7) is 14.6. The Morgan fingerprint density at radius 2 is 1.66 bits per heavy atom. The van der Waals surface area contributed by atoms with Crippen LogP contribution in [0.5, 0.6) is 11.6 Å². The number of carbonyl (C=O) groups is 2. The molecule has 5 aromatic rings. The van der Waals surface area contributed by atoms with Crippen molar-refractivity contribution in [1.82, 2.24) is 40.1 Å². The van der Waals surface area contributed by atoms with E-state index in [-0.39, 0.29) is 29.4 Å². The van der Waals surface area contributed by atoms with Gasteiger partial charge in [0.1, 0.15) is 28.5 Å². The van der Waals surface area contributed by atoms with Crippen LogP contribution in [0.15, 0.2) is 79.1 Å². The maximum Gasteiger partial charge on any atom is 0.271 e. The van der Waals surface area contributed by atoms with Crippen molar-refractivity contribution >= 4 is 17.5 Å². The van der Waals surface area contributed by atoms with Crippen molar-refractivity contribution in [2.75, 3.05) is 32.8 Å². The molecule has 3 atom stereocenters. The average Bonchev–Trinajstić information content (AvgIpc) is 3.66. The number of benzene rings is 2. The van der Waals surface area contributed by atoms with Crippen LogP contribution in [0.3, 0.4) is 0 Å². The second-order valence-electron chi connectivity index (χ2n) is 16.7. The van der Waals surface area contributed by atoms with E-state index in [9.17, 15) is 14.0 Å². The van der Waals surface area contributed by atoms with Crippen LogP contribution in [-0.2, 0) is 17.8 Å². The molecule has 12 nitrogen and oxygen atoms in total. The van der Waals surface area contributed by atoms with Crippen molar-refractivity contribution < 1.29 is 23.5 Å². The van der Waals surface area contributed by atoms with Crippen LogP contribution in [0.4, 0.5) is 4.39 Å². The molecule has 0 radical (unpaired) electrons. The number of morpholine rings is 1. The average molecular weight is 803 g/mol. The SMILES string of the molecule is Cc1cccc2nc(C(=O)NC3CCC(NC(=O)c4cc(F)cnc4Oc4cccc(-c5ccc(CN6C[C@@H](C)N[C@@H](C)C6)cc5CN5CCOC[C@@H]5C)c4)CC3)cn12. The Kier molecular flexibility index (Phi) is 12.3. The van der Waals surface area contributed by atoms with E-state index in [4.69, 9.17) is 9.47 Å². The second kappa shape index (κ2) is 18.0. The van der Waals surface area contributed by atoms with E-state index in [0.29, 0.717) is 68.5 Å². The zero-order chi connectivity index (χ0) is 41.0. The number of aromatic nitrogens is 3. The van der Waals surface area contributed by atoms with Crippen LogP contribution in [0.1, 0.15) is 84.1 Å². The molecule has 310 valence electrons. The lowest BCUT2D eigenvalue weighted by atomic mass is 9.91. The molecular formula is C46H55FN8O4. The predicted molar refractivity (Wildman–Crippen MR) is 225 cm³/mol. The Morgan fingerprint density at radius 1 is 0.915 bits per heavy atom. The number of hydrogen-bond donors (Lipinski definition) is 3. The predicted octanol–water partition coefficient (Wildman–Crippen LogP) is 6.51. The van der Waals surface area contributed by atoms with Gasteiger partial charge < -0.3 is 29.8 Å². The molecule has 1 aliphatic carbocycles. The summed E-state index contributed by atoms with van der Waals surface area (Å²) in [7, 11) is 0. The van der Waals surface area contributed by atoms with Crippen molar-refractivity contribution in [3.05, 3.63) is 113 Å². The molecule has 5 heterocycles. The van der Waals surface area contributed by atoms with E-state index in [2.05, 4.69) is 80.8 Å². The summed E-state index contributed by atoms with van der Waals surface area (Å²) in [6.07, 6.45) is 5.49. The summed E-state index contributed by atoms with van der Waals surface area (Å²) < 4.78 is 28.6. The van der Waals surface area contributed by atoms with Crippen LogP contribution in [0.2, 0.25) is 0 Å². The summed E-state index contributed by atoms with van der Waals surface area (Å²) in [5, 5.41) is 9.81. The molecule has 1 saturated carbocycles. The topological polar surface area (TPSA) is 125 Å². The third-order valence-electron chi connectivity index (χ3n) is 11.8. The fraction of sp³-hybridized carbons (Fsp3) is 0.435. The number of aryl methyl sites for hydroxylation is 1. The standard InChI is InChI=1S/C46H55FN8O4/c1-29-23-53(24-30(2)49-29)25-33-11-16-40(35(19-33)26-54-17-18-58-28-32(54)4)34-8-6-9-39(20-34)59-46-41(21-36(47)22-48-46)44(56)50-37-12-14-38(15-13-37)51-45(57)42-27-55-31(3)7-5-10-43(55)52-42/h5-11,16,19-22,27,29-30,32,37-38,49H,12-15,17-18,23-26,28H2,1-4H3,(H,50,56)(H,51,57)/t29-,30+,32-,37?,38?/m0/s1. The number of amides is 2. The zero-order valence-corrected chi connectivity index (χ0v) is 34.4. The van der Waals surface area contributed by atoms with Crippen molar-refractivity contribution in [2.45, 2.75) is 96.7 Å². The zero-order valence-electron chi connectivity index (χ0n) is 34.4. The van der Waals surface area contributed by atoms with Crippen LogP contribution in [-0.4, -0.2) is 99.0 Å². The first-order valence-corrected chi connectivity index (χ1v) is 21.0. The highest BCUT2D eigenvalue weighted by molar-refractivity contribution is 5.96. The van der Waals surface area contributed by atoms with Crippen molar-refractivity contribution in [3.8, 4) is 22.8 Å².